The molecule has 0 aliphatic rings. The molecular weight excluding hydrogens is 134 g/mol. The van der Waals surface area contributed by atoms with Gasteiger partial charge in [0.2, 0.25) is 5.91 Å². The molecule has 0 saturated carbocycles. The molecule has 4 nitrogen and oxygen atoms in total. The van der Waals surface area contributed by atoms with Crippen molar-refractivity contribution in [3.63, 3.8) is 0 Å². The number of carbonyl (C=O) groups is 1. The zero-order chi connectivity index (χ0) is 8.15. The van der Waals surface area contributed by atoms with E-state index in [1.807, 2.05) is 0 Å². The summed E-state index contributed by atoms with van der Waals surface area (Å²) in [6.07, 6.45) is -0.927. The van der Waals surface area contributed by atoms with Crippen molar-refractivity contribution in [1.82, 2.24) is 5.32 Å². The average molecular weight is 147 g/mol. The summed E-state index contributed by atoms with van der Waals surface area (Å²) in [5, 5.41) is 11.4. The number of rotatable bonds is 3. The SMILES string of the molecule is COC(O)[C@@H](C)NC(C)=O. The average Bonchev–Trinajstić information content (AvgIpc) is 1.85. The van der Waals surface area contributed by atoms with E-state index in [9.17, 15) is 4.79 Å². The zero-order valence-corrected chi connectivity index (χ0v) is 6.42. The van der Waals surface area contributed by atoms with E-state index in [0.29, 0.717) is 0 Å². The summed E-state index contributed by atoms with van der Waals surface area (Å²) < 4.78 is 4.55. The number of aliphatic hydroxyl groups is 1. The minimum atomic E-state index is -0.927. The molecule has 0 aliphatic carbocycles. The Morgan fingerprint density at radius 3 is 2.50 bits per heavy atom. The molecule has 2 N–H and O–H groups in total. The lowest BCUT2D eigenvalue weighted by atomic mass is 10.3. The molecule has 0 radical (unpaired) electrons. The molecule has 10 heavy (non-hydrogen) atoms. The van der Waals surface area contributed by atoms with Gasteiger partial charge in [-0.25, -0.2) is 0 Å². The van der Waals surface area contributed by atoms with Gasteiger partial charge in [-0.3, -0.25) is 4.79 Å². The summed E-state index contributed by atoms with van der Waals surface area (Å²) in [5.41, 5.74) is 0. The Kier molecular flexibility index (Phi) is 3.99. The molecule has 0 aromatic rings. The van der Waals surface area contributed by atoms with Crippen LogP contribution in [0, 0.1) is 0 Å². The molecule has 0 fully saturated rings. The molecule has 0 spiro atoms. The van der Waals surface area contributed by atoms with Crippen molar-refractivity contribution in [2.75, 3.05) is 7.11 Å². The van der Waals surface area contributed by atoms with Gasteiger partial charge < -0.3 is 15.2 Å². The van der Waals surface area contributed by atoms with Gasteiger partial charge in [-0.2, -0.15) is 0 Å². The van der Waals surface area contributed by atoms with Crippen LogP contribution in [0.2, 0.25) is 0 Å². The van der Waals surface area contributed by atoms with Gasteiger partial charge in [0.25, 0.3) is 0 Å². The summed E-state index contributed by atoms with van der Waals surface area (Å²) in [5.74, 6) is -0.177. The molecule has 0 rings (SSSR count). The second-order valence-electron chi connectivity index (χ2n) is 2.12. The van der Waals surface area contributed by atoms with Gasteiger partial charge in [-0.15, -0.1) is 0 Å². The van der Waals surface area contributed by atoms with Crippen molar-refractivity contribution in [1.29, 1.82) is 0 Å². The predicted molar refractivity (Wildman–Crippen MR) is 36.3 cm³/mol. The Bertz CT molecular complexity index is 116. The highest BCUT2D eigenvalue weighted by atomic mass is 16.6. The largest absolute Gasteiger partial charge is 0.366 e. The van der Waals surface area contributed by atoms with Gasteiger partial charge in [0.15, 0.2) is 6.29 Å². The molecular formula is C6H13NO3. The molecule has 0 aromatic carbocycles. The normalized spacial score (nSPS) is 16.0. The summed E-state index contributed by atoms with van der Waals surface area (Å²) in [4.78, 5) is 10.4. The Labute approximate surface area is 60.2 Å². The van der Waals surface area contributed by atoms with Gasteiger partial charge in [0.05, 0.1) is 6.04 Å². The molecule has 1 amide bonds. The van der Waals surface area contributed by atoms with Gasteiger partial charge >= 0.3 is 0 Å². The maximum Gasteiger partial charge on any atom is 0.217 e. The first-order valence-corrected chi connectivity index (χ1v) is 3.06. The van der Waals surface area contributed by atoms with E-state index in [1.165, 1.54) is 14.0 Å². The monoisotopic (exact) mass is 147 g/mol. The molecule has 2 atom stereocenters. The summed E-state index contributed by atoms with van der Waals surface area (Å²) in [7, 11) is 1.38. The lowest BCUT2D eigenvalue weighted by molar-refractivity contribution is -0.127. The first-order valence-electron chi connectivity index (χ1n) is 3.06. The van der Waals surface area contributed by atoms with E-state index in [4.69, 9.17) is 5.11 Å². The summed E-state index contributed by atoms with van der Waals surface area (Å²) >= 11 is 0. The van der Waals surface area contributed by atoms with Crippen molar-refractivity contribution in [2.45, 2.75) is 26.2 Å². The van der Waals surface area contributed by atoms with Crippen LogP contribution < -0.4 is 5.32 Å². The lowest BCUT2D eigenvalue weighted by Gasteiger charge is -2.17. The molecule has 60 valence electrons. The number of hydrogen-bond acceptors (Lipinski definition) is 3. The van der Waals surface area contributed by atoms with Crippen molar-refractivity contribution >= 4 is 5.91 Å². The van der Waals surface area contributed by atoms with Crippen LogP contribution in [0.3, 0.4) is 0 Å². The predicted octanol–water partition coefficient (Wildman–Crippen LogP) is -0.524. The van der Waals surface area contributed by atoms with Crippen molar-refractivity contribution < 1.29 is 14.6 Å². The van der Waals surface area contributed by atoms with Crippen LogP contribution >= 0.6 is 0 Å². The molecule has 4 heteroatoms. The van der Waals surface area contributed by atoms with Gasteiger partial charge in [0, 0.05) is 14.0 Å². The Balaban J connectivity index is 3.61. The third kappa shape index (κ3) is 3.42. The molecule has 0 heterocycles. The van der Waals surface area contributed by atoms with Crippen molar-refractivity contribution in [3.8, 4) is 0 Å². The van der Waals surface area contributed by atoms with Crippen LogP contribution in [0.15, 0.2) is 0 Å². The number of hydrogen-bond donors (Lipinski definition) is 2. The van der Waals surface area contributed by atoms with Crippen LogP contribution in [0.4, 0.5) is 0 Å². The molecule has 0 bridgehead atoms. The molecule has 0 aromatic heterocycles. The highest BCUT2D eigenvalue weighted by Crippen LogP contribution is 1.91. The van der Waals surface area contributed by atoms with Gasteiger partial charge in [-0.05, 0) is 6.92 Å². The van der Waals surface area contributed by atoms with Crippen LogP contribution in [0.1, 0.15) is 13.8 Å². The zero-order valence-electron chi connectivity index (χ0n) is 6.42. The highest BCUT2D eigenvalue weighted by Gasteiger charge is 2.12. The smallest absolute Gasteiger partial charge is 0.217 e. The Morgan fingerprint density at radius 2 is 2.20 bits per heavy atom. The second-order valence-corrected chi connectivity index (χ2v) is 2.12. The second kappa shape index (κ2) is 4.24. The number of amides is 1. The lowest BCUT2D eigenvalue weighted by Crippen LogP contribution is -2.40. The fourth-order valence-corrected chi connectivity index (χ4v) is 0.596. The van der Waals surface area contributed by atoms with E-state index in [0.717, 1.165) is 0 Å². The minimum Gasteiger partial charge on any atom is -0.366 e. The fourth-order valence-electron chi connectivity index (χ4n) is 0.596. The standard InChI is InChI=1S/C6H13NO3/c1-4(6(9)10-3)7-5(2)8/h4,6,9H,1-3H3,(H,7,8)/t4-,6?/m1/s1. The van der Waals surface area contributed by atoms with E-state index in [-0.39, 0.29) is 11.9 Å². The van der Waals surface area contributed by atoms with Crippen LogP contribution in [-0.4, -0.2) is 30.5 Å². The van der Waals surface area contributed by atoms with Gasteiger partial charge in [-0.1, -0.05) is 0 Å². The molecule has 0 aliphatic heterocycles. The van der Waals surface area contributed by atoms with E-state index in [2.05, 4.69) is 10.1 Å². The molecule has 0 saturated heterocycles. The van der Waals surface area contributed by atoms with E-state index in [1.54, 1.807) is 6.92 Å². The first kappa shape index (κ1) is 9.39. The van der Waals surface area contributed by atoms with E-state index >= 15 is 0 Å². The molecule has 1 unspecified atom stereocenters. The quantitative estimate of drug-likeness (QED) is 0.528. The maximum atomic E-state index is 10.4. The first-order chi connectivity index (χ1) is 4.57. The van der Waals surface area contributed by atoms with Gasteiger partial charge in [0.1, 0.15) is 0 Å². The van der Waals surface area contributed by atoms with Crippen LogP contribution in [0.25, 0.3) is 0 Å². The summed E-state index contributed by atoms with van der Waals surface area (Å²) in [6.45, 7) is 3.05. The van der Waals surface area contributed by atoms with Crippen molar-refractivity contribution in [2.24, 2.45) is 0 Å². The van der Waals surface area contributed by atoms with E-state index < -0.39 is 6.29 Å². The number of aliphatic hydroxyl groups excluding tert-OH is 1. The third-order valence-electron chi connectivity index (χ3n) is 1.10. The van der Waals surface area contributed by atoms with Crippen LogP contribution in [0.5, 0.6) is 0 Å². The number of nitrogens with one attached hydrogen (secondary N) is 1. The Morgan fingerprint density at radius 1 is 1.70 bits per heavy atom. The number of ether oxygens (including phenoxy) is 1. The minimum absolute atomic E-state index is 0.177. The number of methoxy groups -OCH3 is 1. The topological polar surface area (TPSA) is 58.6 Å². The maximum absolute atomic E-state index is 10.4. The number of carbonyl (C=O) groups excluding carboxylic acids is 1. The van der Waals surface area contributed by atoms with Crippen molar-refractivity contribution in [3.05, 3.63) is 0 Å². The van der Waals surface area contributed by atoms with Crippen LogP contribution in [-0.2, 0) is 9.53 Å². The highest BCUT2D eigenvalue weighted by molar-refractivity contribution is 5.73. The summed E-state index contributed by atoms with van der Waals surface area (Å²) in [6, 6.07) is -0.359. The Hall–Kier alpha value is -0.610. The third-order valence-corrected chi connectivity index (χ3v) is 1.10. The fraction of sp³-hybridized carbons (Fsp3) is 0.833.